The van der Waals surface area contributed by atoms with Gasteiger partial charge in [0, 0.05) is 13.1 Å². The van der Waals surface area contributed by atoms with Crippen molar-refractivity contribution in [3.05, 3.63) is 34.4 Å². The number of hydrogen-bond acceptors (Lipinski definition) is 6. The largest absolute Gasteiger partial charge is 0.444 e. The molecule has 0 aromatic carbocycles. The zero-order valence-electron chi connectivity index (χ0n) is 13.0. The highest BCUT2D eigenvalue weighted by Gasteiger charge is 2.16. The molecule has 0 radical (unpaired) electrons. The molecule has 0 saturated heterocycles. The summed E-state index contributed by atoms with van der Waals surface area (Å²) in [6, 6.07) is 4.60. The number of carbonyl (C=O) groups is 3. The fourth-order valence-corrected chi connectivity index (χ4v) is 2.03. The summed E-state index contributed by atoms with van der Waals surface area (Å²) in [6.07, 6.45) is 0. The number of aryl methyl sites for hydroxylation is 1. The lowest BCUT2D eigenvalue weighted by atomic mass is 10.4. The van der Waals surface area contributed by atoms with Gasteiger partial charge < -0.3 is 24.5 Å². The molecule has 0 spiro atoms. The van der Waals surface area contributed by atoms with Crippen molar-refractivity contribution >= 4 is 39.5 Å². The molecule has 0 atom stereocenters. The smallest absolute Gasteiger partial charge is 0.287 e. The lowest BCUT2D eigenvalue weighted by molar-refractivity contribution is -0.132. The van der Waals surface area contributed by atoms with Gasteiger partial charge in [0.15, 0.2) is 16.2 Å². The number of likely N-dealkylation sites (N-methyl/N-ethyl adjacent to an activating group) is 1. The molecule has 0 saturated carbocycles. The number of furan rings is 1. The fourth-order valence-electron chi connectivity index (χ4n) is 1.73. The Morgan fingerprint density at radius 3 is 2.67 bits per heavy atom. The zero-order valence-corrected chi connectivity index (χ0v) is 14.5. The van der Waals surface area contributed by atoms with Crippen molar-refractivity contribution < 1.29 is 23.3 Å². The van der Waals surface area contributed by atoms with Crippen LogP contribution in [-0.4, -0.2) is 47.9 Å². The molecule has 0 fully saturated rings. The van der Waals surface area contributed by atoms with E-state index in [4.69, 9.17) is 8.94 Å². The molecule has 0 unspecified atom stereocenters. The first kappa shape index (κ1) is 17.7. The van der Waals surface area contributed by atoms with Crippen molar-refractivity contribution in [3.8, 4) is 0 Å². The molecular weight excluding hydrogens is 384 g/mol. The highest BCUT2D eigenvalue weighted by molar-refractivity contribution is 9.10. The second kappa shape index (κ2) is 7.77. The van der Waals surface area contributed by atoms with Crippen LogP contribution in [0.15, 0.2) is 31.8 Å². The maximum absolute atomic E-state index is 11.9. The average molecular weight is 399 g/mol. The van der Waals surface area contributed by atoms with Gasteiger partial charge in [-0.25, -0.2) is 0 Å². The number of halogens is 1. The van der Waals surface area contributed by atoms with Crippen LogP contribution in [0.3, 0.4) is 0 Å². The number of nitrogens with zero attached hydrogens (tertiary/aromatic N) is 2. The summed E-state index contributed by atoms with van der Waals surface area (Å²) in [7, 11) is 1.45. The van der Waals surface area contributed by atoms with Crippen molar-refractivity contribution in [2.24, 2.45) is 0 Å². The molecule has 3 amide bonds. The molecule has 2 N–H and O–H groups in total. The number of amides is 3. The van der Waals surface area contributed by atoms with Gasteiger partial charge in [-0.3, -0.25) is 14.4 Å². The summed E-state index contributed by atoms with van der Waals surface area (Å²) < 4.78 is 10.3. The molecule has 2 aromatic rings. The molecule has 9 nitrogen and oxygen atoms in total. The van der Waals surface area contributed by atoms with Crippen molar-refractivity contribution in [2.75, 3.05) is 25.5 Å². The van der Waals surface area contributed by atoms with Crippen LogP contribution < -0.4 is 10.6 Å². The SMILES string of the molecule is Cc1cc(NC(=O)CN(C)C(=O)CNC(=O)c2ccc(Br)o2)no1. The predicted octanol–water partition coefficient (Wildman–Crippen LogP) is 1.17. The van der Waals surface area contributed by atoms with E-state index in [2.05, 4.69) is 31.7 Å². The van der Waals surface area contributed by atoms with Crippen LogP contribution in [0.5, 0.6) is 0 Å². The Bertz CT molecular complexity index is 754. The minimum atomic E-state index is -0.523. The van der Waals surface area contributed by atoms with Gasteiger partial charge in [-0.15, -0.1) is 0 Å². The second-order valence-corrected chi connectivity index (χ2v) is 5.69. The van der Waals surface area contributed by atoms with Crippen LogP contribution in [0.2, 0.25) is 0 Å². The van der Waals surface area contributed by atoms with Gasteiger partial charge in [-0.05, 0) is 35.0 Å². The third kappa shape index (κ3) is 4.95. The van der Waals surface area contributed by atoms with Crippen LogP contribution in [0.4, 0.5) is 5.82 Å². The summed E-state index contributed by atoms with van der Waals surface area (Å²) in [5.74, 6) is -0.473. The Morgan fingerprint density at radius 1 is 1.33 bits per heavy atom. The van der Waals surface area contributed by atoms with E-state index in [1.807, 2.05) is 0 Å². The Balaban J connectivity index is 1.77. The summed E-state index contributed by atoms with van der Waals surface area (Å²) in [4.78, 5) is 36.7. The van der Waals surface area contributed by atoms with Crippen LogP contribution in [0, 0.1) is 6.92 Å². The standard InChI is InChI=1S/C14H15BrN4O5/c1-8-5-11(18-24-8)17-12(20)7-19(2)13(21)6-16-14(22)9-3-4-10(15)23-9/h3-5H,6-7H2,1-2H3,(H,16,22)(H,17,18,20). The molecule has 2 heterocycles. The van der Waals surface area contributed by atoms with Gasteiger partial charge in [-0.2, -0.15) is 0 Å². The number of carbonyl (C=O) groups excluding carboxylic acids is 3. The minimum absolute atomic E-state index is 0.0801. The predicted molar refractivity (Wildman–Crippen MR) is 86.2 cm³/mol. The molecule has 24 heavy (non-hydrogen) atoms. The van der Waals surface area contributed by atoms with Crippen molar-refractivity contribution in [1.82, 2.24) is 15.4 Å². The molecule has 0 aliphatic carbocycles. The van der Waals surface area contributed by atoms with Crippen LogP contribution in [-0.2, 0) is 9.59 Å². The summed E-state index contributed by atoms with van der Waals surface area (Å²) in [5, 5.41) is 8.53. The number of anilines is 1. The maximum atomic E-state index is 11.9. The minimum Gasteiger partial charge on any atom is -0.444 e. The lowest BCUT2D eigenvalue weighted by Crippen LogP contribution is -2.41. The summed E-state index contributed by atoms with van der Waals surface area (Å²) in [6.45, 7) is 1.25. The second-order valence-electron chi connectivity index (χ2n) is 4.91. The highest BCUT2D eigenvalue weighted by atomic mass is 79.9. The van der Waals surface area contributed by atoms with E-state index >= 15 is 0 Å². The van der Waals surface area contributed by atoms with Crippen LogP contribution in [0.1, 0.15) is 16.3 Å². The number of aromatic nitrogens is 1. The molecule has 2 aromatic heterocycles. The van der Waals surface area contributed by atoms with E-state index in [1.54, 1.807) is 19.1 Å². The maximum Gasteiger partial charge on any atom is 0.287 e. The first-order valence-electron chi connectivity index (χ1n) is 6.86. The van der Waals surface area contributed by atoms with E-state index < -0.39 is 17.7 Å². The van der Waals surface area contributed by atoms with E-state index in [-0.39, 0.29) is 24.7 Å². The monoisotopic (exact) mass is 398 g/mol. The van der Waals surface area contributed by atoms with Gasteiger partial charge in [-0.1, -0.05) is 5.16 Å². The van der Waals surface area contributed by atoms with Crippen molar-refractivity contribution in [2.45, 2.75) is 6.92 Å². The van der Waals surface area contributed by atoms with E-state index in [9.17, 15) is 14.4 Å². The normalized spacial score (nSPS) is 10.3. The van der Waals surface area contributed by atoms with E-state index in [1.165, 1.54) is 18.0 Å². The molecular formula is C14H15BrN4O5. The number of hydrogen-bond donors (Lipinski definition) is 2. The zero-order chi connectivity index (χ0) is 17.7. The van der Waals surface area contributed by atoms with Crippen molar-refractivity contribution in [3.63, 3.8) is 0 Å². The number of nitrogens with one attached hydrogen (secondary N) is 2. The Labute approximate surface area is 145 Å². The molecule has 128 valence electrons. The van der Waals surface area contributed by atoms with Gasteiger partial charge in [0.05, 0.1) is 13.1 Å². The number of rotatable bonds is 6. The molecule has 0 bridgehead atoms. The Kier molecular flexibility index (Phi) is 5.74. The van der Waals surface area contributed by atoms with Gasteiger partial charge in [0.1, 0.15) is 5.76 Å². The van der Waals surface area contributed by atoms with Crippen LogP contribution >= 0.6 is 15.9 Å². The van der Waals surface area contributed by atoms with Gasteiger partial charge in [0.2, 0.25) is 11.8 Å². The first-order chi connectivity index (χ1) is 11.3. The van der Waals surface area contributed by atoms with Crippen LogP contribution in [0.25, 0.3) is 0 Å². The molecule has 0 aliphatic heterocycles. The lowest BCUT2D eigenvalue weighted by Gasteiger charge is -2.16. The highest BCUT2D eigenvalue weighted by Crippen LogP contribution is 2.13. The Hall–Kier alpha value is -2.62. The molecule has 2 rings (SSSR count). The Morgan fingerprint density at radius 2 is 2.08 bits per heavy atom. The molecule has 0 aliphatic rings. The fraction of sp³-hybridized carbons (Fsp3) is 0.286. The van der Waals surface area contributed by atoms with Crippen molar-refractivity contribution in [1.29, 1.82) is 0 Å². The third-order valence-electron chi connectivity index (χ3n) is 2.90. The topological polar surface area (TPSA) is 118 Å². The average Bonchev–Trinajstić information content (AvgIpc) is 3.12. The van der Waals surface area contributed by atoms with Gasteiger partial charge >= 0.3 is 0 Å². The third-order valence-corrected chi connectivity index (χ3v) is 3.33. The molecule has 10 heteroatoms. The van der Waals surface area contributed by atoms with Gasteiger partial charge in [0.25, 0.3) is 5.91 Å². The van der Waals surface area contributed by atoms with E-state index in [0.29, 0.717) is 10.4 Å². The van der Waals surface area contributed by atoms with E-state index in [0.717, 1.165) is 0 Å². The quantitative estimate of drug-likeness (QED) is 0.753. The summed E-state index contributed by atoms with van der Waals surface area (Å²) in [5.41, 5.74) is 0. The first-order valence-corrected chi connectivity index (χ1v) is 7.65. The summed E-state index contributed by atoms with van der Waals surface area (Å²) >= 11 is 3.08.